The number of carbonyl (C=O) groups excluding carboxylic acids is 2. The second kappa shape index (κ2) is 9.23. The Bertz CT molecular complexity index is 842. The molecule has 7 nitrogen and oxygen atoms in total. The molecule has 1 atom stereocenters. The van der Waals surface area contributed by atoms with E-state index in [1.807, 2.05) is 13.8 Å². The van der Waals surface area contributed by atoms with E-state index in [-0.39, 0.29) is 23.3 Å². The van der Waals surface area contributed by atoms with Gasteiger partial charge in [-0.25, -0.2) is 4.98 Å². The first-order valence-electron chi connectivity index (χ1n) is 8.40. The number of amides is 2. The molecule has 2 rings (SSSR count). The Labute approximate surface area is 163 Å². The van der Waals surface area contributed by atoms with Gasteiger partial charge in [0.2, 0.25) is 0 Å². The van der Waals surface area contributed by atoms with Crippen molar-refractivity contribution < 1.29 is 19.1 Å². The number of benzene rings is 1. The lowest BCUT2D eigenvalue weighted by molar-refractivity contribution is 0.0934. The Balaban J connectivity index is 2.24. The number of aromatic nitrogens is 1. The Morgan fingerprint density at radius 1 is 1.11 bits per heavy atom. The molecule has 0 fully saturated rings. The summed E-state index contributed by atoms with van der Waals surface area (Å²) in [6, 6.07) is 7.79. The molecule has 27 heavy (non-hydrogen) atoms. The van der Waals surface area contributed by atoms with E-state index in [4.69, 9.17) is 21.1 Å². The van der Waals surface area contributed by atoms with Crippen LogP contribution in [0.3, 0.4) is 0 Å². The zero-order valence-electron chi connectivity index (χ0n) is 15.6. The van der Waals surface area contributed by atoms with Crippen molar-refractivity contribution in [2.75, 3.05) is 19.5 Å². The van der Waals surface area contributed by atoms with Crippen LogP contribution in [-0.2, 0) is 0 Å². The van der Waals surface area contributed by atoms with Crippen molar-refractivity contribution in [3.8, 4) is 11.5 Å². The molecule has 0 aliphatic carbocycles. The van der Waals surface area contributed by atoms with Crippen molar-refractivity contribution in [3.63, 3.8) is 0 Å². The van der Waals surface area contributed by atoms with Crippen LogP contribution in [0.15, 0.2) is 30.3 Å². The Kier molecular flexibility index (Phi) is 7.01. The van der Waals surface area contributed by atoms with Crippen molar-refractivity contribution in [3.05, 3.63) is 46.7 Å². The summed E-state index contributed by atoms with van der Waals surface area (Å²) in [6.45, 7) is 3.87. The number of hydrogen-bond acceptors (Lipinski definition) is 5. The van der Waals surface area contributed by atoms with E-state index in [0.717, 1.165) is 6.42 Å². The van der Waals surface area contributed by atoms with Crippen LogP contribution in [0.1, 0.15) is 41.2 Å². The molecule has 1 aromatic carbocycles. The summed E-state index contributed by atoms with van der Waals surface area (Å²) in [4.78, 5) is 28.9. The first-order valence-corrected chi connectivity index (χ1v) is 8.78. The van der Waals surface area contributed by atoms with E-state index in [0.29, 0.717) is 22.2 Å². The maximum atomic E-state index is 12.6. The van der Waals surface area contributed by atoms with Crippen LogP contribution < -0.4 is 20.1 Å². The molecule has 0 bridgehead atoms. The predicted molar refractivity (Wildman–Crippen MR) is 104 cm³/mol. The maximum Gasteiger partial charge on any atom is 0.274 e. The molecule has 0 saturated heterocycles. The van der Waals surface area contributed by atoms with Crippen molar-refractivity contribution in [2.45, 2.75) is 26.3 Å². The van der Waals surface area contributed by atoms with Gasteiger partial charge < -0.3 is 20.1 Å². The van der Waals surface area contributed by atoms with Gasteiger partial charge in [0.05, 0.1) is 24.9 Å². The average molecular weight is 392 g/mol. The van der Waals surface area contributed by atoms with Crippen LogP contribution in [0.2, 0.25) is 5.02 Å². The van der Waals surface area contributed by atoms with Gasteiger partial charge in [-0.05, 0) is 25.5 Å². The number of ether oxygens (including phenoxy) is 2. The molecule has 2 amide bonds. The summed E-state index contributed by atoms with van der Waals surface area (Å²) in [5.74, 6) is -0.0529. The van der Waals surface area contributed by atoms with E-state index in [9.17, 15) is 9.59 Å². The van der Waals surface area contributed by atoms with E-state index in [1.54, 1.807) is 24.3 Å². The van der Waals surface area contributed by atoms with Gasteiger partial charge in [0.15, 0.2) is 0 Å². The van der Waals surface area contributed by atoms with Crippen LogP contribution in [0.25, 0.3) is 0 Å². The average Bonchev–Trinajstić information content (AvgIpc) is 2.68. The topological polar surface area (TPSA) is 89.6 Å². The quantitative estimate of drug-likeness (QED) is 0.753. The number of rotatable bonds is 7. The summed E-state index contributed by atoms with van der Waals surface area (Å²) in [7, 11) is 2.94. The van der Waals surface area contributed by atoms with Crippen molar-refractivity contribution >= 4 is 29.1 Å². The van der Waals surface area contributed by atoms with E-state index in [1.165, 1.54) is 20.3 Å². The molecule has 0 aliphatic heterocycles. The van der Waals surface area contributed by atoms with Gasteiger partial charge in [-0.15, -0.1) is 0 Å². The normalized spacial score (nSPS) is 11.4. The van der Waals surface area contributed by atoms with Gasteiger partial charge in [-0.3, -0.25) is 9.59 Å². The van der Waals surface area contributed by atoms with Crippen LogP contribution in [0.4, 0.5) is 5.69 Å². The number of carbonyl (C=O) groups is 2. The Morgan fingerprint density at radius 3 is 2.33 bits per heavy atom. The van der Waals surface area contributed by atoms with Gasteiger partial charge in [-0.1, -0.05) is 24.6 Å². The molecule has 1 aromatic heterocycles. The number of hydrogen-bond donors (Lipinski definition) is 2. The minimum atomic E-state index is -0.490. The largest absolute Gasteiger partial charge is 0.495 e. The van der Waals surface area contributed by atoms with Crippen molar-refractivity contribution in [1.29, 1.82) is 0 Å². The number of halogens is 1. The molecular formula is C19H22ClN3O4. The second-order valence-corrected chi connectivity index (χ2v) is 6.24. The Morgan fingerprint density at radius 2 is 1.74 bits per heavy atom. The predicted octanol–water partition coefficient (Wildman–Crippen LogP) is 3.53. The van der Waals surface area contributed by atoms with Crippen LogP contribution in [0, 0.1) is 0 Å². The van der Waals surface area contributed by atoms with Crippen LogP contribution in [0.5, 0.6) is 11.5 Å². The van der Waals surface area contributed by atoms with Gasteiger partial charge in [-0.2, -0.15) is 0 Å². The number of methoxy groups -OCH3 is 2. The van der Waals surface area contributed by atoms with Crippen LogP contribution in [-0.4, -0.2) is 37.1 Å². The second-order valence-electron chi connectivity index (χ2n) is 5.83. The zero-order valence-corrected chi connectivity index (χ0v) is 16.4. The molecule has 2 N–H and O–H groups in total. The summed E-state index contributed by atoms with van der Waals surface area (Å²) in [5.41, 5.74) is 0.645. The molecule has 0 aliphatic rings. The summed E-state index contributed by atoms with van der Waals surface area (Å²) < 4.78 is 10.4. The van der Waals surface area contributed by atoms with E-state index < -0.39 is 5.91 Å². The highest BCUT2D eigenvalue weighted by molar-refractivity contribution is 6.32. The summed E-state index contributed by atoms with van der Waals surface area (Å²) in [5, 5.41) is 5.87. The van der Waals surface area contributed by atoms with Gasteiger partial charge in [0, 0.05) is 18.2 Å². The minimum absolute atomic E-state index is 0.0163. The number of nitrogens with one attached hydrogen (secondary N) is 2. The number of nitrogens with zero attached hydrogens (tertiary/aromatic N) is 1. The summed E-state index contributed by atoms with van der Waals surface area (Å²) in [6.07, 6.45) is 0.796. The molecule has 144 valence electrons. The maximum absolute atomic E-state index is 12.6. The van der Waals surface area contributed by atoms with E-state index >= 15 is 0 Å². The molecule has 1 unspecified atom stereocenters. The van der Waals surface area contributed by atoms with Crippen molar-refractivity contribution in [1.82, 2.24) is 10.3 Å². The SMILES string of the molecule is CCC(C)NC(=O)c1cccc(C(=O)Nc2cc(OC)c(Cl)cc2OC)n1. The lowest BCUT2D eigenvalue weighted by Gasteiger charge is -2.13. The van der Waals surface area contributed by atoms with Crippen LogP contribution >= 0.6 is 11.6 Å². The standard InChI is InChI=1S/C19H22ClN3O4/c1-5-11(2)21-18(24)13-7-6-8-14(22-13)19(25)23-15-10-16(26-3)12(20)9-17(15)27-4/h6-11H,5H2,1-4H3,(H,21,24)(H,23,25). The minimum Gasteiger partial charge on any atom is -0.495 e. The fourth-order valence-corrected chi connectivity index (χ4v) is 2.46. The molecule has 0 saturated carbocycles. The van der Waals surface area contributed by atoms with Crippen molar-refractivity contribution in [2.24, 2.45) is 0 Å². The third kappa shape index (κ3) is 5.10. The smallest absolute Gasteiger partial charge is 0.274 e. The molecule has 8 heteroatoms. The fourth-order valence-electron chi connectivity index (χ4n) is 2.23. The third-order valence-electron chi connectivity index (χ3n) is 3.93. The highest BCUT2D eigenvalue weighted by Gasteiger charge is 2.17. The molecular weight excluding hydrogens is 370 g/mol. The monoisotopic (exact) mass is 391 g/mol. The number of anilines is 1. The summed E-state index contributed by atoms with van der Waals surface area (Å²) >= 11 is 6.07. The number of pyridine rings is 1. The molecule has 0 spiro atoms. The fraction of sp³-hybridized carbons (Fsp3) is 0.316. The Hall–Kier alpha value is -2.80. The molecule has 0 radical (unpaired) electrons. The third-order valence-corrected chi connectivity index (χ3v) is 4.22. The zero-order chi connectivity index (χ0) is 20.0. The lowest BCUT2D eigenvalue weighted by Crippen LogP contribution is -2.32. The van der Waals surface area contributed by atoms with E-state index in [2.05, 4.69) is 15.6 Å². The van der Waals surface area contributed by atoms with Gasteiger partial charge in [0.25, 0.3) is 11.8 Å². The highest BCUT2D eigenvalue weighted by atomic mass is 35.5. The molecule has 1 heterocycles. The van der Waals surface area contributed by atoms with Gasteiger partial charge in [0.1, 0.15) is 22.9 Å². The first-order chi connectivity index (χ1) is 12.9. The first kappa shape index (κ1) is 20.5. The highest BCUT2D eigenvalue weighted by Crippen LogP contribution is 2.36. The lowest BCUT2D eigenvalue weighted by atomic mass is 10.2. The molecule has 2 aromatic rings. The van der Waals surface area contributed by atoms with Gasteiger partial charge >= 0.3 is 0 Å².